The van der Waals surface area contributed by atoms with E-state index in [1.165, 1.54) is 25.1 Å². The molecule has 0 heterocycles. The summed E-state index contributed by atoms with van der Waals surface area (Å²) in [5, 5.41) is 10.9. The zero-order valence-electron chi connectivity index (χ0n) is 15.3. The van der Waals surface area contributed by atoms with Crippen molar-refractivity contribution in [2.75, 3.05) is 20.6 Å². The predicted octanol–water partition coefficient (Wildman–Crippen LogP) is 2.79. The first-order chi connectivity index (χ1) is 12.1. The second-order valence-corrected chi connectivity index (χ2v) is 8.21. The number of sulfonamides is 1. The highest BCUT2D eigenvalue weighted by atomic mass is 32.2. The van der Waals surface area contributed by atoms with E-state index < -0.39 is 14.9 Å². The van der Waals surface area contributed by atoms with Crippen LogP contribution in [0, 0.1) is 24.0 Å². The Morgan fingerprint density at radius 3 is 2.23 bits per heavy atom. The van der Waals surface area contributed by atoms with Crippen molar-refractivity contribution in [2.45, 2.75) is 24.8 Å². The minimum Gasteiger partial charge on any atom is -0.301 e. The maximum absolute atomic E-state index is 12.6. The van der Waals surface area contributed by atoms with E-state index in [2.05, 4.69) is 4.72 Å². The molecule has 0 bridgehead atoms. The van der Waals surface area contributed by atoms with E-state index in [1.54, 1.807) is 0 Å². The van der Waals surface area contributed by atoms with E-state index in [1.807, 2.05) is 50.2 Å². The van der Waals surface area contributed by atoms with Crippen molar-refractivity contribution >= 4 is 15.7 Å². The van der Waals surface area contributed by atoms with Gasteiger partial charge < -0.3 is 4.90 Å². The molecule has 8 heteroatoms. The third kappa shape index (κ3) is 4.66. The summed E-state index contributed by atoms with van der Waals surface area (Å²) >= 11 is 0. The van der Waals surface area contributed by atoms with Crippen LogP contribution in [0.25, 0.3) is 0 Å². The number of hydrogen-bond acceptors (Lipinski definition) is 5. The fourth-order valence-electron chi connectivity index (χ4n) is 2.66. The minimum atomic E-state index is -3.77. The van der Waals surface area contributed by atoms with Gasteiger partial charge in [0.1, 0.15) is 0 Å². The summed E-state index contributed by atoms with van der Waals surface area (Å²) in [6.45, 7) is 3.70. The van der Waals surface area contributed by atoms with Gasteiger partial charge in [-0.05, 0) is 45.6 Å². The molecule has 0 aliphatic carbocycles. The van der Waals surface area contributed by atoms with Gasteiger partial charge in [-0.15, -0.1) is 0 Å². The molecule has 0 amide bonds. The third-order valence-corrected chi connectivity index (χ3v) is 5.65. The molecule has 0 saturated carbocycles. The van der Waals surface area contributed by atoms with Crippen molar-refractivity contribution in [3.8, 4) is 0 Å². The fourth-order valence-corrected chi connectivity index (χ4v) is 3.78. The lowest BCUT2D eigenvalue weighted by Crippen LogP contribution is -2.34. The lowest BCUT2D eigenvalue weighted by atomic mass is 10.0. The molecule has 0 aliphatic rings. The van der Waals surface area contributed by atoms with Crippen LogP contribution in [-0.4, -0.2) is 38.9 Å². The van der Waals surface area contributed by atoms with Crippen molar-refractivity contribution in [1.29, 1.82) is 0 Å². The number of nitrogens with one attached hydrogen (secondary N) is 1. The first-order valence-corrected chi connectivity index (χ1v) is 9.58. The molecular weight excluding hydrogens is 354 g/mol. The molecule has 26 heavy (non-hydrogen) atoms. The first kappa shape index (κ1) is 20.0. The zero-order chi connectivity index (χ0) is 19.5. The summed E-state index contributed by atoms with van der Waals surface area (Å²) in [7, 11) is -0.00170. The second kappa shape index (κ2) is 7.94. The Bertz CT molecular complexity index is 893. The van der Waals surface area contributed by atoms with Crippen LogP contribution in [0.1, 0.15) is 22.7 Å². The van der Waals surface area contributed by atoms with Gasteiger partial charge in [-0.2, -0.15) is 0 Å². The summed E-state index contributed by atoms with van der Waals surface area (Å²) in [6.07, 6.45) is 0. The van der Waals surface area contributed by atoms with Crippen LogP contribution < -0.4 is 4.72 Å². The molecule has 1 N–H and O–H groups in total. The Morgan fingerprint density at radius 2 is 1.73 bits per heavy atom. The van der Waals surface area contributed by atoms with E-state index >= 15 is 0 Å². The first-order valence-electron chi connectivity index (χ1n) is 8.09. The van der Waals surface area contributed by atoms with Gasteiger partial charge >= 0.3 is 0 Å². The third-order valence-electron chi connectivity index (χ3n) is 4.23. The molecule has 2 aromatic carbocycles. The second-order valence-electron chi connectivity index (χ2n) is 6.45. The molecule has 0 radical (unpaired) electrons. The maximum atomic E-state index is 12.6. The van der Waals surface area contributed by atoms with Crippen molar-refractivity contribution in [1.82, 2.24) is 9.62 Å². The van der Waals surface area contributed by atoms with Crippen LogP contribution in [-0.2, 0) is 10.0 Å². The van der Waals surface area contributed by atoms with Crippen molar-refractivity contribution in [3.05, 3.63) is 69.3 Å². The highest BCUT2D eigenvalue weighted by molar-refractivity contribution is 7.89. The van der Waals surface area contributed by atoms with Crippen LogP contribution >= 0.6 is 0 Å². The van der Waals surface area contributed by atoms with Gasteiger partial charge in [0, 0.05) is 24.2 Å². The van der Waals surface area contributed by atoms with Gasteiger partial charge in [0.2, 0.25) is 10.0 Å². The minimum absolute atomic E-state index is 0.0158. The Hall–Kier alpha value is -2.29. The van der Waals surface area contributed by atoms with E-state index in [0.717, 1.165) is 11.1 Å². The topological polar surface area (TPSA) is 92.5 Å². The van der Waals surface area contributed by atoms with E-state index in [9.17, 15) is 18.5 Å². The van der Waals surface area contributed by atoms with Crippen LogP contribution in [0.3, 0.4) is 0 Å². The van der Waals surface area contributed by atoms with Gasteiger partial charge in [-0.3, -0.25) is 10.1 Å². The standard InChI is InChI=1S/C18H23N3O4S/c1-13-5-7-15(8-6-13)18(20(3)4)12-19-26(24,25)16-9-10-17(21(22)23)14(2)11-16/h5-11,18-19H,12H2,1-4H3. The number of nitrogens with zero attached hydrogens (tertiary/aromatic N) is 2. The molecule has 2 aromatic rings. The van der Waals surface area contributed by atoms with Gasteiger partial charge in [0.15, 0.2) is 0 Å². The Balaban J connectivity index is 2.21. The normalized spacial score (nSPS) is 13.0. The molecular formula is C18H23N3O4S. The molecule has 0 aliphatic heterocycles. The Morgan fingerprint density at radius 1 is 1.12 bits per heavy atom. The summed E-state index contributed by atoms with van der Waals surface area (Å²) in [5.41, 5.74) is 2.34. The highest BCUT2D eigenvalue weighted by Crippen LogP contribution is 2.23. The van der Waals surface area contributed by atoms with E-state index in [4.69, 9.17) is 0 Å². The summed E-state index contributed by atoms with van der Waals surface area (Å²) in [4.78, 5) is 12.3. The van der Waals surface area contributed by atoms with Crippen molar-refractivity contribution in [2.24, 2.45) is 0 Å². The van der Waals surface area contributed by atoms with E-state index in [0.29, 0.717) is 5.56 Å². The number of hydrogen-bond donors (Lipinski definition) is 1. The molecule has 140 valence electrons. The van der Waals surface area contributed by atoms with Gasteiger partial charge in [-0.25, -0.2) is 13.1 Å². The Labute approximate surface area is 153 Å². The monoisotopic (exact) mass is 377 g/mol. The summed E-state index contributed by atoms with van der Waals surface area (Å²) in [6, 6.07) is 11.6. The fraction of sp³-hybridized carbons (Fsp3) is 0.333. The van der Waals surface area contributed by atoms with Crippen LogP contribution in [0.15, 0.2) is 47.4 Å². The van der Waals surface area contributed by atoms with Crippen molar-refractivity contribution < 1.29 is 13.3 Å². The number of likely N-dealkylation sites (N-methyl/N-ethyl adjacent to an activating group) is 1. The number of nitro benzene ring substituents is 1. The molecule has 0 aromatic heterocycles. The van der Waals surface area contributed by atoms with Gasteiger partial charge in [-0.1, -0.05) is 29.8 Å². The SMILES string of the molecule is Cc1ccc(C(CNS(=O)(=O)c2ccc([N+](=O)[O-])c(C)c2)N(C)C)cc1. The van der Waals surface area contributed by atoms with Crippen LogP contribution in [0.5, 0.6) is 0 Å². The lowest BCUT2D eigenvalue weighted by molar-refractivity contribution is -0.385. The molecule has 1 atom stereocenters. The molecule has 1 unspecified atom stereocenters. The average Bonchev–Trinajstić information content (AvgIpc) is 2.55. The van der Waals surface area contributed by atoms with Gasteiger partial charge in [0.25, 0.3) is 5.69 Å². The van der Waals surface area contributed by atoms with Crippen LogP contribution in [0.4, 0.5) is 5.69 Å². The van der Waals surface area contributed by atoms with Crippen LogP contribution in [0.2, 0.25) is 0 Å². The maximum Gasteiger partial charge on any atom is 0.272 e. The summed E-state index contributed by atoms with van der Waals surface area (Å²) in [5.74, 6) is 0. The number of rotatable bonds is 7. The molecule has 0 saturated heterocycles. The number of aryl methyl sites for hydroxylation is 2. The molecule has 2 rings (SSSR count). The smallest absolute Gasteiger partial charge is 0.272 e. The van der Waals surface area contributed by atoms with Crippen molar-refractivity contribution in [3.63, 3.8) is 0 Å². The summed E-state index contributed by atoms with van der Waals surface area (Å²) < 4.78 is 27.8. The Kier molecular flexibility index (Phi) is 6.12. The number of nitro groups is 1. The highest BCUT2D eigenvalue weighted by Gasteiger charge is 2.21. The lowest BCUT2D eigenvalue weighted by Gasteiger charge is -2.25. The molecule has 0 fully saturated rings. The van der Waals surface area contributed by atoms with Gasteiger partial charge in [0.05, 0.1) is 9.82 Å². The zero-order valence-corrected chi connectivity index (χ0v) is 16.1. The largest absolute Gasteiger partial charge is 0.301 e. The number of benzene rings is 2. The average molecular weight is 377 g/mol. The quantitative estimate of drug-likeness (QED) is 0.592. The predicted molar refractivity (Wildman–Crippen MR) is 101 cm³/mol. The van der Waals surface area contributed by atoms with E-state index in [-0.39, 0.29) is 23.2 Å². The molecule has 7 nitrogen and oxygen atoms in total. The molecule has 0 spiro atoms.